The fourth-order valence-electron chi connectivity index (χ4n) is 4.50. The molecule has 1 saturated heterocycles. The van der Waals surface area contributed by atoms with Crippen molar-refractivity contribution in [2.24, 2.45) is 0 Å². The van der Waals surface area contributed by atoms with Gasteiger partial charge in [0.05, 0.1) is 46.0 Å². The van der Waals surface area contributed by atoms with Crippen molar-refractivity contribution >= 4 is 28.4 Å². The molecular formula is C26H28N6O2. The van der Waals surface area contributed by atoms with Crippen molar-refractivity contribution in [1.82, 2.24) is 19.9 Å². The highest BCUT2D eigenvalue weighted by Gasteiger charge is 2.22. The van der Waals surface area contributed by atoms with E-state index in [2.05, 4.69) is 37.3 Å². The molecule has 4 aromatic rings. The molecule has 5 rings (SSSR count). The summed E-state index contributed by atoms with van der Waals surface area (Å²) in [5.41, 5.74) is 7.55. The molecule has 0 atom stereocenters. The molecule has 4 aromatic heterocycles. The van der Waals surface area contributed by atoms with Gasteiger partial charge in [0.2, 0.25) is 5.91 Å². The number of aryl methyl sites for hydroxylation is 1. The normalized spacial score (nSPS) is 14.5. The average molecular weight is 457 g/mol. The lowest BCUT2D eigenvalue weighted by Gasteiger charge is -2.32. The number of hydrogen-bond donors (Lipinski definition) is 2. The summed E-state index contributed by atoms with van der Waals surface area (Å²) in [7, 11) is 1.78. The minimum atomic E-state index is -0.162. The Morgan fingerprint density at radius 2 is 1.94 bits per heavy atom. The fourth-order valence-corrected chi connectivity index (χ4v) is 4.50. The average Bonchev–Trinajstić information content (AvgIpc) is 3.23. The van der Waals surface area contributed by atoms with Gasteiger partial charge in [-0.3, -0.25) is 14.8 Å². The van der Waals surface area contributed by atoms with Gasteiger partial charge in [0.25, 0.3) is 0 Å². The lowest BCUT2D eigenvalue weighted by Crippen LogP contribution is -2.36. The Labute approximate surface area is 198 Å². The highest BCUT2D eigenvalue weighted by atomic mass is 16.5. The van der Waals surface area contributed by atoms with Crippen LogP contribution in [0.1, 0.15) is 25.3 Å². The van der Waals surface area contributed by atoms with E-state index in [1.165, 1.54) is 6.92 Å². The number of ether oxygens (including phenoxy) is 1. The van der Waals surface area contributed by atoms with Crippen LogP contribution in [0.15, 0.2) is 48.9 Å². The summed E-state index contributed by atoms with van der Waals surface area (Å²) in [6.45, 7) is 5.37. The second-order valence-corrected chi connectivity index (χ2v) is 8.72. The molecule has 1 amide bonds. The summed E-state index contributed by atoms with van der Waals surface area (Å²) >= 11 is 0. The van der Waals surface area contributed by atoms with E-state index >= 15 is 0 Å². The van der Waals surface area contributed by atoms with Gasteiger partial charge in [-0.15, -0.1) is 0 Å². The largest absolute Gasteiger partial charge is 0.381 e. The number of carbonyl (C=O) groups is 1. The third-order valence-corrected chi connectivity index (χ3v) is 6.28. The van der Waals surface area contributed by atoms with Gasteiger partial charge in [-0.1, -0.05) is 6.07 Å². The van der Waals surface area contributed by atoms with E-state index in [-0.39, 0.29) is 5.91 Å². The lowest BCUT2D eigenvalue weighted by molar-refractivity contribution is -0.114. The molecule has 0 bridgehead atoms. The van der Waals surface area contributed by atoms with Gasteiger partial charge in [-0.2, -0.15) is 0 Å². The quantitative estimate of drug-likeness (QED) is 0.457. The summed E-state index contributed by atoms with van der Waals surface area (Å²) < 4.78 is 5.52. The van der Waals surface area contributed by atoms with Crippen molar-refractivity contribution in [2.45, 2.75) is 32.8 Å². The zero-order valence-corrected chi connectivity index (χ0v) is 19.6. The predicted molar refractivity (Wildman–Crippen MR) is 134 cm³/mol. The minimum absolute atomic E-state index is 0.162. The molecule has 8 nitrogen and oxygen atoms in total. The standard InChI is InChI=1S/C26H28N6O2/c1-16-4-5-21(28-14-16)24-25(18-6-9-27-23(12-18)30-17(2)33)31-22-13-19(15-29-26(22)24)32-10-7-20(34-3)8-11-32/h4-6,9,12-15,20,31H,7-8,10-11H2,1-3H3,(H,27,30,33). The van der Waals surface area contributed by atoms with Crippen LogP contribution in [0.25, 0.3) is 33.5 Å². The lowest BCUT2D eigenvalue weighted by atomic mass is 10.0. The Morgan fingerprint density at radius 1 is 1.12 bits per heavy atom. The Bertz CT molecular complexity index is 1320. The van der Waals surface area contributed by atoms with Crippen molar-refractivity contribution < 1.29 is 9.53 Å². The number of H-pyrrole nitrogens is 1. The first-order chi connectivity index (χ1) is 16.5. The first kappa shape index (κ1) is 22.0. The first-order valence-corrected chi connectivity index (χ1v) is 11.5. The van der Waals surface area contributed by atoms with E-state index in [1.54, 1.807) is 13.3 Å². The second-order valence-electron chi connectivity index (χ2n) is 8.72. The van der Waals surface area contributed by atoms with Gasteiger partial charge in [-0.25, -0.2) is 4.98 Å². The molecular weight excluding hydrogens is 428 g/mol. The van der Waals surface area contributed by atoms with E-state index in [4.69, 9.17) is 9.72 Å². The number of rotatable bonds is 5. The SMILES string of the molecule is COC1CCN(c2cnc3c(-c4ccc(C)cn4)c(-c4ccnc(NC(C)=O)c4)[nH]c3c2)CC1. The summed E-state index contributed by atoms with van der Waals surface area (Å²) in [6.07, 6.45) is 7.84. The first-order valence-electron chi connectivity index (χ1n) is 11.5. The molecule has 1 fully saturated rings. The molecule has 0 unspecified atom stereocenters. The second kappa shape index (κ2) is 9.23. The van der Waals surface area contributed by atoms with Crippen molar-refractivity contribution in [3.8, 4) is 22.5 Å². The van der Waals surface area contributed by atoms with E-state index in [9.17, 15) is 4.79 Å². The van der Waals surface area contributed by atoms with Crippen LogP contribution >= 0.6 is 0 Å². The Morgan fingerprint density at radius 3 is 2.65 bits per heavy atom. The number of anilines is 2. The number of amides is 1. The topological polar surface area (TPSA) is 96.0 Å². The summed E-state index contributed by atoms with van der Waals surface area (Å²) in [5.74, 6) is 0.339. The van der Waals surface area contributed by atoms with Gasteiger partial charge >= 0.3 is 0 Å². The number of pyridine rings is 3. The van der Waals surface area contributed by atoms with Gasteiger partial charge in [0.1, 0.15) is 5.82 Å². The van der Waals surface area contributed by atoms with E-state index in [1.807, 2.05) is 37.5 Å². The maximum absolute atomic E-state index is 11.6. The molecule has 174 valence electrons. The van der Waals surface area contributed by atoms with Crippen LogP contribution in [-0.4, -0.2) is 52.1 Å². The van der Waals surface area contributed by atoms with E-state index < -0.39 is 0 Å². The van der Waals surface area contributed by atoms with Gasteiger partial charge < -0.3 is 19.9 Å². The molecule has 0 aromatic carbocycles. The number of piperidine rings is 1. The highest BCUT2D eigenvalue weighted by Crippen LogP contribution is 2.38. The van der Waals surface area contributed by atoms with Gasteiger partial charge in [0.15, 0.2) is 0 Å². The van der Waals surface area contributed by atoms with E-state index in [0.29, 0.717) is 11.9 Å². The van der Waals surface area contributed by atoms with Gasteiger partial charge in [-0.05, 0) is 49.6 Å². The molecule has 2 N–H and O–H groups in total. The van der Waals surface area contributed by atoms with Crippen molar-refractivity contribution in [3.63, 3.8) is 0 Å². The van der Waals surface area contributed by atoms with Crippen LogP contribution in [-0.2, 0) is 9.53 Å². The van der Waals surface area contributed by atoms with Crippen LogP contribution in [0, 0.1) is 6.92 Å². The summed E-state index contributed by atoms with van der Waals surface area (Å²) in [4.78, 5) is 31.3. The highest BCUT2D eigenvalue weighted by molar-refractivity contribution is 6.01. The number of fused-ring (bicyclic) bond motifs is 1. The van der Waals surface area contributed by atoms with Crippen LogP contribution in [0.4, 0.5) is 11.5 Å². The van der Waals surface area contributed by atoms with E-state index in [0.717, 1.165) is 70.7 Å². The Kier molecular flexibility index (Phi) is 5.98. The fraction of sp³-hybridized carbons (Fsp3) is 0.308. The van der Waals surface area contributed by atoms with Crippen LogP contribution in [0.5, 0.6) is 0 Å². The number of aromatic amines is 1. The van der Waals surface area contributed by atoms with Crippen molar-refractivity contribution in [3.05, 3.63) is 54.5 Å². The van der Waals surface area contributed by atoms with Crippen LogP contribution in [0.2, 0.25) is 0 Å². The molecule has 0 saturated carbocycles. The number of aromatic nitrogens is 4. The molecule has 1 aliphatic rings. The Hall–Kier alpha value is -3.78. The summed E-state index contributed by atoms with van der Waals surface area (Å²) in [6, 6.07) is 10.0. The van der Waals surface area contributed by atoms with Crippen molar-refractivity contribution in [2.75, 3.05) is 30.4 Å². The maximum Gasteiger partial charge on any atom is 0.222 e. The molecule has 1 aliphatic heterocycles. The molecule has 0 radical (unpaired) electrons. The molecule has 8 heteroatoms. The summed E-state index contributed by atoms with van der Waals surface area (Å²) in [5, 5.41) is 2.76. The van der Waals surface area contributed by atoms with Crippen LogP contribution < -0.4 is 10.2 Å². The predicted octanol–water partition coefficient (Wildman–Crippen LogP) is 4.57. The monoisotopic (exact) mass is 456 g/mol. The third kappa shape index (κ3) is 4.36. The zero-order valence-electron chi connectivity index (χ0n) is 19.6. The smallest absolute Gasteiger partial charge is 0.222 e. The van der Waals surface area contributed by atoms with Crippen LogP contribution in [0.3, 0.4) is 0 Å². The molecule has 0 spiro atoms. The number of methoxy groups -OCH3 is 1. The number of nitrogens with one attached hydrogen (secondary N) is 2. The van der Waals surface area contributed by atoms with Gasteiger partial charge in [0, 0.05) is 45.1 Å². The maximum atomic E-state index is 11.6. The minimum Gasteiger partial charge on any atom is -0.381 e. The zero-order chi connectivity index (χ0) is 23.7. The number of hydrogen-bond acceptors (Lipinski definition) is 6. The van der Waals surface area contributed by atoms with Crippen molar-refractivity contribution in [1.29, 1.82) is 0 Å². The molecule has 5 heterocycles. The molecule has 34 heavy (non-hydrogen) atoms. The number of carbonyl (C=O) groups excluding carboxylic acids is 1. The Balaban J connectivity index is 1.61. The third-order valence-electron chi connectivity index (χ3n) is 6.28. The number of nitrogens with zero attached hydrogens (tertiary/aromatic N) is 4. The molecule has 0 aliphatic carbocycles.